The molecule has 6 heteroatoms. The molecule has 128 valence electrons. The molecule has 0 amide bonds. The van der Waals surface area contributed by atoms with Crippen molar-refractivity contribution < 1.29 is 4.74 Å². The Kier molecular flexibility index (Phi) is 7.69. The second-order valence-corrected chi connectivity index (χ2v) is 7.37. The molecular formula is C18H21ClN2OS2. The zero-order chi connectivity index (χ0) is 17.4. The Morgan fingerprint density at radius 1 is 1.17 bits per heavy atom. The third-order valence-electron chi connectivity index (χ3n) is 3.31. The second-order valence-electron chi connectivity index (χ2n) is 5.43. The molecule has 1 atom stereocenters. The highest BCUT2D eigenvalue weighted by Crippen LogP contribution is 2.22. The lowest BCUT2D eigenvalue weighted by atomic mass is 10.2. The van der Waals surface area contributed by atoms with Crippen LogP contribution in [-0.4, -0.2) is 24.5 Å². The molecule has 0 aliphatic carbocycles. The molecule has 0 radical (unpaired) electrons. The molecule has 0 fully saturated rings. The van der Waals surface area contributed by atoms with E-state index in [2.05, 4.69) is 17.6 Å². The molecule has 2 rings (SSSR count). The summed E-state index contributed by atoms with van der Waals surface area (Å²) in [5, 5.41) is 7.83. The number of hydrogen-bond donors (Lipinski definition) is 2. The highest BCUT2D eigenvalue weighted by atomic mass is 35.5. The number of hydrogen-bond acceptors (Lipinski definition) is 3. The smallest absolute Gasteiger partial charge is 0.170 e. The van der Waals surface area contributed by atoms with Gasteiger partial charge in [0.25, 0.3) is 0 Å². The van der Waals surface area contributed by atoms with Crippen LogP contribution < -0.4 is 15.4 Å². The largest absolute Gasteiger partial charge is 0.497 e. The van der Waals surface area contributed by atoms with Gasteiger partial charge in [0.15, 0.2) is 5.11 Å². The van der Waals surface area contributed by atoms with Crippen molar-refractivity contribution in [3.05, 3.63) is 53.6 Å². The molecule has 0 heterocycles. The predicted molar refractivity (Wildman–Crippen MR) is 109 cm³/mol. The predicted octanol–water partition coefficient (Wildman–Crippen LogP) is 5.06. The van der Waals surface area contributed by atoms with E-state index in [1.165, 1.54) is 4.90 Å². The summed E-state index contributed by atoms with van der Waals surface area (Å²) in [6.07, 6.45) is 0. The summed E-state index contributed by atoms with van der Waals surface area (Å²) in [6, 6.07) is 15.6. The van der Waals surface area contributed by atoms with Crippen LogP contribution in [0.5, 0.6) is 5.75 Å². The normalized spacial score (nSPS) is 11.6. The van der Waals surface area contributed by atoms with Gasteiger partial charge in [-0.25, -0.2) is 0 Å². The molecule has 0 spiro atoms. The summed E-state index contributed by atoms with van der Waals surface area (Å²) in [7, 11) is 1.65. The van der Waals surface area contributed by atoms with Crippen LogP contribution in [0.25, 0.3) is 0 Å². The standard InChI is InChI=1S/C18H21ClN2OS2/c1-13(12-24-17-9-3-14(19)4-10-17)11-20-18(23)21-15-5-7-16(22-2)8-6-15/h3-10,13H,11-12H2,1-2H3,(H2,20,21,23)/t13-/m1/s1. The van der Waals surface area contributed by atoms with Gasteiger partial charge in [0.2, 0.25) is 0 Å². The lowest BCUT2D eigenvalue weighted by Gasteiger charge is -2.15. The van der Waals surface area contributed by atoms with Gasteiger partial charge in [0.1, 0.15) is 5.75 Å². The summed E-state index contributed by atoms with van der Waals surface area (Å²) < 4.78 is 5.14. The lowest BCUT2D eigenvalue weighted by Crippen LogP contribution is -2.32. The Morgan fingerprint density at radius 2 is 1.83 bits per heavy atom. The quantitative estimate of drug-likeness (QED) is 0.518. The van der Waals surface area contributed by atoms with Crippen LogP contribution >= 0.6 is 35.6 Å². The molecular weight excluding hydrogens is 360 g/mol. The summed E-state index contributed by atoms with van der Waals surface area (Å²) in [6.45, 7) is 3.02. The van der Waals surface area contributed by atoms with E-state index >= 15 is 0 Å². The molecule has 2 aromatic rings. The van der Waals surface area contributed by atoms with Gasteiger partial charge in [-0.05, 0) is 66.7 Å². The summed E-state index contributed by atoms with van der Waals surface area (Å²) in [4.78, 5) is 1.23. The summed E-state index contributed by atoms with van der Waals surface area (Å²) in [5.74, 6) is 2.33. The molecule has 3 nitrogen and oxygen atoms in total. The van der Waals surface area contributed by atoms with Crippen LogP contribution in [0.2, 0.25) is 5.02 Å². The number of methoxy groups -OCH3 is 1. The third kappa shape index (κ3) is 6.59. The third-order valence-corrected chi connectivity index (χ3v) is 5.15. The van der Waals surface area contributed by atoms with Crippen LogP contribution in [0.1, 0.15) is 6.92 Å². The van der Waals surface area contributed by atoms with Crippen LogP contribution in [-0.2, 0) is 0 Å². The van der Waals surface area contributed by atoms with Crippen LogP contribution in [0.15, 0.2) is 53.4 Å². The number of benzene rings is 2. The Labute approximate surface area is 158 Å². The molecule has 0 saturated heterocycles. The van der Waals surface area contributed by atoms with Gasteiger partial charge in [-0.2, -0.15) is 0 Å². The van der Waals surface area contributed by atoms with E-state index < -0.39 is 0 Å². The van der Waals surface area contributed by atoms with Crippen molar-refractivity contribution in [3.63, 3.8) is 0 Å². The number of ether oxygens (including phenoxy) is 1. The Balaban J connectivity index is 1.69. The van der Waals surface area contributed by atoms with Crippen molar-refractivity contribution in [1.82, 2.24) is 5.32 Å². The van der Waals surface area contributed by atoms with Crippen LogP contribution in [0, 0.1) is 5.92 Å². The van der Waals surface area contributed by atoms with Crippen LogP contribution in [0.4, 0.5) is 5.69 Å². The molecule has 0 unspecified atom stereocenters. The van der Waals surface area contributed by atoms with Crippen LogP contribution in [0.3, 0.4) is 0 Å². The topological polar surface area (TPSA) is 33.3 Å². The first-order chi connectivity index (χ1) is 11.6. The summed E-state index contributed by atoms with van der Waals surface area (Å²) >= 11 is 13.0. The van der Waals surface area contributed by atoms with Crippen molar-refractivity contribution in [2.24, 2.45) is 5.92 Å². The Hall–Kier alpha value is -1.43. The minimum absolute atomic E-state index is 0.487. The van der Waals surface area contributed by atoms with E-state index in [4.69, 9.17) is 28.6 Å². The zero-order valence-corrected chi connectivity index (χ0v) is 16.1. The molecule has 2 aromatic carbocycles. The minimum atomic E-state index is 0.487. The summed E-state index contributed by atoms with van der Waals surface area (Å²) in [5.41, 5.74) is 0.941. The SMILES string of the molecule is COc1ccc(NC(=S)NC[C@@H](C)CSc2ccc(Cl)cc2)cc1. The fraction of sp³-hybridized carbons (Fsp3) is 0.278. The zero-order valence-electron chi connectivity index (χ0n) is 13.7. The molecule has 2 N–H and O–H groups in total. The highest BCUT2D eigenvalue weighted by molar-refractivity contribution is 7.99. The molecule has 24 heavy (non-hydrogen) atoms. The Morgan fingerprint density at radius 3 is 2.46 bits per heavy atom. The van der Waals surface area contributed by atoms with Crippen molar-refractivity contribution in [2.75, 3.05) is 24.7 Å². The van der Waals surface area contributed by atoms with Gasteiger partial charge in [0.05, 0.1) is 7.11 Å². The first-order valence-corrected chi connectivity index (χ1v) is 9.41. The number of thioether (sulfide) groups is 1. The second kappa shape index (κ2) is 9.77. The maximum absolute atomic E-state index is 5.89. The molecule has 0 aliphatic rings. The monoisotopic (exact) mass is 380 g/mol. The number of thiocarbonyl (C=S) groups is 1. The van der Waals surface area contributed by atoms with Gasteiger partial charge in [-0.1, -0.05) is 18.5 Å². The van der Waals surface area contributed by atoms with Crippen molar-refractivity contribution >= 4 is 46.4 Å². The van der Waals surface area contributed by atoms with Gasteiger partial charge in [-0.15, -0.1) is 11.8 Å². The number of anilines is 1. The first-order valence-electron chi connectivity index (χ1n) is 7.64. The Bertz CT molecular complexity index is 647. The average molecular weight is 381 g/mol. The van der Waals surface area contributed by atoms with Gasteiger partial charge < -0.3 is 15.4 Å². The number of rotatable bonds is 7. The minimum Gasteiger partial charge on any atom is -0.497 e. The first kappa shape index (κ1) is 18.9. The van der Waals surface area contributed by atoms with Gasteiger partial charge in [0, 0.05) is 27.9 Å². The molecule has 0 saturated carbocycles. The van der Waals surface area contributed by atoms with Crippen molar-refractivity contribution in [3.8, 4) is 5.75 Å². The lowest BCUT2D eigenvalue weighted by molar-refractivity contribution is 0.415. The van der Waals surface area contributed by atoms with Gasteiger partial charge >= 0.3 is 0 Å². The van der Waals surface area contributed by atoms with E-state index in [0.717, 1.165) is 28.8 Å². The average Bonchev–Trinajstić information content (AvgIpc) is 2.60. The van der Waals surface area contributed by atoms with E-state index in [-0.39, 0.29) is 0 Å². The van der Waals surface area contributed by atoms with Crippen molar-refractivity contribution in [1.29, 1.82) is 0 Å². The van der Waals surface area contributed by atoms with E-state index in [1.54, 1.807) is 7.11 Å². The van der Waals surface area contributed by atoms with E-state index in [1.807, 2.05) is 60.3 Å². The number of nitrogens with one attached hydrogen (secondary N) is 2. The maximum Gasteiger partial charge on any atom is 0.170 e. The van der Waals surface area contributed by atoms with E-state index in [0.29, 0.717) is 11.0 Å². The van der Waals surface area contributed by atoms with Crippen molar-refractivity contribution in [2.45, 2.75) is 11.8 Å². The maximum atomic E-state index is 5.89. The molecule has 0 bridgehead atoms. The van der Waals surface area contributed by atoms with E-state index in [9.17, 15) is 0 Å². The highest BCUT2D eigenvalue weighted by Gasteiger charge is 2.05. The fourth-order valence-corrected chi connectivity index (χ4v) is 3.20. The fourth-order valence-electron chi connectivity index (χ4n) is 1.94. The molecule has 0 aromatic heterocycles. The van der Waals surface area contributed by atoms with Gasteiger partial charge in [-0.3, -0.25) is 0 Å². The number of halogens is 1. The molecule has 0 aliphatic heterocycles.